The van der Waals surface area contributed by atoms with Crippen LogP contribution in [0.25, 0.3) is 11.5 Å². The Bertz CT molecular complexity index is 1570. The molecule has 1 aromatic carbocycles. The Morgan fingerprint density at radius 1 is 1.05 bits per heavy atom. The van der Waals surface area contributed by atoms with E-state index in [2.05, 4.69) is 46.2 Å². The molecule has 3 aromatic heterocycles. The van der Waals surface area contributed by atoms with Crippen LogP contribution in [0, 0.1) is 5.92 Å². The van der Waals surface area contributed by atoms with Gasteiger partial charge >= 0.3 is 0 Å². The Morgan fingerprint density at radius 2 is 1.90 bits per heavy atom. The highest BCUT2D eigenvalue weighted by Gasteiger charge is 2.33. The quantitative estimate of drug-likeness (QED) is 0.264. The first-order chi connectivity index (χ1) is 20.0. The molecule has 4 aromatic rings. The van der Waals surface area contributed by atoms with Gasteiger partial charge in [-0.25, -0.2) is 0 Å². The first kappa shape index (κ1) is 26.3. The van der Waals surface area contributed by atoms with E-state index in [1.807, 2.05) is 30.3 Å². The van der Waals surface area contributed by atoms with Crippen LogP contribution in [0.3, 0.4) is 0 Å². The minimum absolute atomic E-state index is 0.00761. The van der Waals surface area contributed by atoms with Crippen molar-refractivity contribution in [3.05, 3.63) is 65.9 Å². The van der Waals surface area contributed by atoms with Gasteiger partial charge in [-0.15, -0.1) is 20.4 Å². The lowest BCUT2D eigenvalue weighted by Gasteiger charge is -2.36. The van der Waals surface area contributed by atoms with Crippen molar-refractivity contribution in [3.63, 3.8) is 0 Å². The van der Waals surface area contributed by atoms with E-state index in [4.69, 9.17) is 9.15 Å². The van der Waals surface area contributed by atoms with E-state index in [1.165, 1.54) is 14.2 Å². The fourth-order valence-electron chi connectivity index (χ4n) is 4.66. The molecule has 13 heteroatoms. The van der Waals surface area contributed by atoms with Crippen molar-refractivity contribution in [2.24, 2.45) is 5.92 Å². The molecule has 4 heterocycles. The van der Waals surface area contributed by atoms with Gasteiger partial charge in [0.15, 0.2) is 17.3 Å². The maximum Gasteiger partial charge on any atom is 0.273 e. The largest absolute Gasteiger partial charge is 0.494 e. The average Bonchev–Trinajstić information content (AvgIpc) is 3.72. The Balaban J connectivity index is 1.21. The highest BCUT2D eigenvalue weighted by Crippen LogP contribution is 2.39. The summed E-state index contributed by atoms with van der Waals surface area (Å²) in [6.45, 7) is 2.37. The van der Waals surface area contributed by atoms with E-state index < -0.39 is 5.91 Å². The number of aromatic nitrogens is 5. The van der Waals surface area contributed by atoms with Gasteiger partial charge in [0.05, 0.1) is 35.7 Å². The molecule has 1 saturated carbocycles. The summed E-state index contributed by atoms with van der Waals surface area (Å²) in [5.74, 6) is 1.14. The second-order valence-electron chi connectivity index (χ2n) is 10.0. The molecule has 2 fully saturated rings. The number of carbonyl (C=O) groups is 2. The number of pyridine rings is 1. The van der Waals surface area contributed by atoms with Gasteiger partial charge in [-0.1, -0.05) is 12.1 Å². The number of nitrogens with zero attached hydrogens (tertiary/aromatic N) is 6. The number of benzene rings is 1. The predicted octanol–water partition coefficient (Wildman–Crippen LogP) is 2.98. The number of likely N-dealkylation sites (tertiary alicyclic amines) is 1. The van der Waals surface area contributed by atoms with E-state index in [0.29, 0.717) is 34.5 Å². The van der Waals surface area contributed by atoms with Crippen molar-refractivity contribution in [2.75, 3.05) is 37.9 Å². The number of para-hydroxylation sites is 1. The minimum Gasteiger partial charge on any atom is -0.494 e. The van der Waals surface area contributed by atoms with E-state index in [-0.39, 0.29) is 29.3 Å². The molecule has 1 aliphatic carbocycles. The minimum atomic E-state index is -0.436. The Labute approximate surface area is 235 Å². The van der Waals surface area contributed by atoms with Crippen LogP contribution in [0.1, 0.15) is 40.8 Å². The van der Waals surface area contributed by atoms with Crippen molar-refractivity contribution in [3.8, 4) is 17.2 Å². The Kier molecular flexibility index (Phi) is 7.25. The second-order valence-corrected chi connectivity index (χ2v) is 10.0. The maximum atomic E-state index is 12.5. The highest BCUT2D eigenvalue weighted by atomic mass is 16.5. The van der Waals surface area contributed by atoms with E-state index in [0.717, 1.165) is 38.2 Å². The zero-order chi connectivity index (χ0) is 28.3. The van der Waals surface area contributed by atoms with E-state index in [1.54, 1.807) is 18.3 Å². The van der Waals surface area contributed by atoms with Crippen LogP contribution in [-0.4, -0.2) is 69.3 Å². The number of hydrogen-bond acceptors (Lipinski definition) is 11. The zero-order valence-electron chi connectivity index (χ0n) is 22.6. The van der Waals surface area contributed by atoms with Crippen LogP contribution in [-0.2, 0) is 11.3 Å². The van der Waals surface area contributed by atoms with Crippen LogP contribution in [0.5, 0.6) is 5.75 Å². The van der Waals surface area contributed by atoms with Gasteiger partial charge in [-0.05, 0) is 37.1 Å². The lowest BCUT2D eigenvalue weighted by atomic mass is 10.00. The fraction of sp³-hybridized carbons (Fsp3) is 0.321. The number of anilines is 3. The van der Waals surface area contributed by atoms with Gasteiger partial charge in [-0.3, -0.25) is 19.5 Å². The van der Waals surface area contributed by atoms with Gasteiger partial charge in [-0.2, -0.15) is 0 Å². The monoisotopic (exact) mass is 555 g/mol. The molecule has 13 nitrogen and oxygen atoms in total. The van der Waals surface area contributed by atoms with Gasteiger partial charge in [0, 0.05) is 44.9 Å². The number of amides is 2. The summed E-state index contributed by atoms with van der Waals surface area (Å²) in [6, 6.07) is 12.9. The van der Waals surface area contributed by atoms with E-state index >= 15 is 0 Å². The summed E-state index contributed by atoms with van der Waals surface area (Å²) in [4.78, 5) is 31.5. The normalized spacial score (nSPS) is 15.2. The topological polar surface area (TPSA) is 160 Å². The molecule has 0 spiro atoms. The third-order valence-corrected chi connectivity index (χ3v) is 7.01. The second kappa shape index (κ2) is 11.3. The molecule has 1 saturated heterocycles. The molecule has 2 aliphatic rings. The third-order valence-electron chi connectivity index (χ3n) is 7.01. The lowest BCUT2D eigenvalue weighted by Crippen LogP contribution is -2.44. The SMILES string of the molecule is CNC(=O)c1nnc(NC(=O)C2CC2)cc1Nc1cccc(-c2nnc(C3CN(Cc4ccccn4)C3)o2)c1OC. The van der Waals surface area contributed by atoms with Crippen LogP contribution in [0.2, 0.25) is 0 Å². The number of rotatable bonds is 10. The molecule has 0 atom stereocenters. The van der Waals surface area contributed by atoms with Crippen molar-refractivity contribution in [1.29, 1.82) is 0 Å². The van der Waals surface area contributed by atoms with Crippen molar-refractivity contribution in [1.82, 2.24) is 35.6 Å². The van der Waals surface area contributed by atoms with E-state index in [9.17, 15) is 9.59 Å². The van der Waals surface area contributed by atoms with Crippen molar-refractivity contribution >= 4 is 29.0 Å². The van der Waals surface area contributed by atoms with Gasteiger partial charge in [0.2, 0.25) is 11.8 Å². The number of ether oxygens (including phenoxy) is 1. The summed E-state index contributed by atoms with van der Waals surface area (Å²) >= 11 is 0. The Hall–Kier alpha value is -4.91. The summed E-state index contributed by atoms with van der Waals surface area (Å²) in [6.07, 6.45) is 3.50. The molecule has 0 unspecified atom stereocenters. The number of hydrogen-bond donors (Lipinski definition) is 3. The molecule has 3 N–H and O–H groups in total. The molecule has 210 valence electrons. The smallest absolute Gasteiger partial charge is 0.273 e. The average molecular weight is 556 g/mol. The predicted molar refractivity (Wildman–Crippen MR) is 149 cm³/mol. The molecule has 2 amide bonds. The lowest BCUT2D eigenvalue weighted by molar-refractivity contribution is -0.117. The molecular weight excluding hydrogens is 526 g/mol. The van der Waals surface area contributed by atoms with Crippen LogP contribution >= 0.6 is 0 Å². The number of nitrogens with one attached hydrogen (secondary N) is 3. The summed E-state index contributed by atoms with van der Waals surface area (Å²) in [5, 5.41) is 25.2. The maximum absolute atomic E-state index is 12.5. The highest BCUT2D eigenvalue weighted by molar-refractivity contribution is 6.00. The first-order valence-electron chi connectivity index (χ1n) is 13.3. The summed E-state index contributed by atoms with van der Waals surface area (Å²) in [7, 11) is 3.04. The van der Waals surface area contributed by atoms with Gasteiger partial charge < -0.3 is 25.1 Å². The van der Waals surface area contributed by atoms with Gasteiger partial charge in [0.1, 0.15) is 0 Å². The van der Waals surface area contributed by atoms with Crippen molar-refractivity contribution < 1.29 is 18.7 Å². The number of methoxy groups -OCH3 is 1. The van der Waals surface area contributed by atoms with Crippen LogP contribution in [0.4, 0.5) is 17.2 Å². The fourth-order valence-corrected chi connectivity index (χ4v) is 4.66. The number of carbonyl (C=O) groups excluding carboxylic acids is 2. The summed E-state index contributed by atoms with van der Waals surface area (Å²) in [5.41, 5.74) is 2.55. The third kappa shape index (κ3) is 5.70. The molecule has 6 rings (SSSR count). The molecular formula is C28H29N9O4. The molecule has 0 radical (unpaired) electrons. The molecule has 41 heavy (non-hydrogen) atoms. The first-order valence-corrected chi connectivity index (χ1v) is 13.3. The van der Waals surface area contributed by atoms with Gasteiger partial charge in [0.25, 0.3) is 11.8 Å². The molecule has 0 bridgehead atoms. The Morgan fingerprint density at radius 3 is 2.63 bits per heavy atom. The molecule has 1 aliphatic heterocycles. The zero-order valence-corrected chi connectivity index (χ0v) is 22.6. The van der Waals surface area contributed by atoms with Crippen molar-refractivity contribution in [2.45, 2.75) is 25.3 Å². The van der Waals surface area contributed by atoms with Crippen LogP contribution < -0.4 is 20.7 Å². The summed E-state index contributed by atoms with van der Waals surface area (Å²) < 4.78 is 11.8. The van der Waals surface area contributed by atoms with Crippen LogP contribution in [0.15, 0.2) is 53.1 Å². The standard InChI is InChI=1S/C28H29N9O4/c1-29-26(39)23-21(12-22(33-34-23)32-25(38)16-9-10-16)31-20-8-5-7-19(24(20)40-2)28-36-35-27(41-28)17-13-37(14-17)15-18-6-3-4-11-30-18/h3-8,11-12,16-17H,9-10,13-15H2,1-2H3,(H,29,39)(H2,31,32,33,38).